The topological polar surface area (TPSA) is 89.8 Å². The second-order valence-corrected chi connectivity index (χ2v) is 2.79. The van der Waals surface area contributed by atoms with E-state index in [9.17, 15) is 9.90 Å². The standard InChI is InChI=1S/C6H11NO4/c8-3-4(7-5(9)10)6(11)1-2-6/h4,7-8,11H,1-3H2,(H,9,10). The summed E-state index contributed by atoms with van der Waals surface area (Å²) in [6.07, 6.45) is -0.110. The lowest BCUT2D eigenvalue weighted by molar-refractivity contribution is 0.0677. The van der Waals surface area contributed by atoms with Gasteiger partial charge in [-0.05, 0) is 12.8 Å². The predicted octanol–water partition coefficient (Wildman–Crippen LogP) is -0.860. The van der Waals surface area contributed by atoms with Crippen molar-refractivity contribution in [2.75, 3.05) is 6.61 Å². The zero-order valence-corrected chi connectivity index (χ0v) is 5.95. The van der Waals surface area contributed by atoms with E-state index in [-0.39, 0.29) is 6.61 Å². The normalized spacial score (nSPS) is 22.4. The molecular formula is C6H11NO4. The summed E-state index contributed by atoms with van der Waals surface area (Å²) in [7, 11) is 0. The van der Waals surface area contributed by atoms with Crippen LogP contribution in [0.4, 0.5) is 4.79 Å². The maximum absolute atomic E-state index is 10.1. The Morgan fingerprint density at radius 1 is 1.64 bits per heavy atom. The van der Waals surface area contributed by atoms with Crippen LogP contribution < -0.4 is 5.32 Å². The third kappa shape index (κ3) is 1.81. The van der Waals surface area contributed by atoms with E-state index < -0.39 is 17.7 Å². The molecule has 0 bridgehead atoms. The number of hydrogen-bond donors (Lipinski definition) is 4. The Morgan fingerprint density at radius 3 is 2.45 bits per heavy atom. The van der Waals surface area contributed by atoms with Gasteiger partial charge in [0, 0.05) is 0 Å². The Balaban J connectivity index is 2.43. The van der Waals surface area contributed by atoms with E-state index in [0.717, 1.165) is 0 Å². The van der Waals surface area contributed by atoms with Gasteiger partial charge in [0.1, 0.15) is 0 Å². The number of carbonyl (C=O) groups is 1. The lowest BCUT2D eigenvalue weighted by Gasteiger charge is -2.19. The van der Waals surface area contributed by atoms with Crippen molar-refractivity contribution in [2.45, 2.75) is 24.5 Å². The molecule has 1 atom stereocenters. The van der Waals surface area contributed by atoms with Crippen LogP contribution in [0.3, 0.4) is 0 Å². The molecule has 1 aliphatic rings. The Labute approximate surface area is 63.7 Å². The molecule has 0 spiro atoms. The van der Waals surface area contributed by atoms with E-state index >= 15 is 0 Å². The quantitative estimate of drug-likeness (QED) is 0.433. The number of nitrogens with one attached hydrogen (secondary N) is 1. The number of rotatable bonds is 3. The number of aliphatic hydroxyl groups excluding tert-OH is 1. The minimum absolute atomic E-state index is 0.358. The van der Waals surface area contributed by atoms with Crippen LogP contribution in [0.25, 0.3) is 0 Å². The van der Waals surface area contributed by atoms with Gasteiger partial charge in [0.15, 0.2) is 0 Å². The first-order valence-electron chi connectivity index (χ1n) is 3.41. The van der Waals surface area contributed by atoms with E-state index in [1.54, 1.807) is 0 Å². The largest absolute Gasteiger partial charge is 0.465 e. The van der Waals surface area contributed by atoms with Crippen LogP contribution in [0.5, 0.6) is 0 Å². The fourth-order valence-corrected chi connectivity index (χ4v) is 0.975. The van der Waals surface area contributed by atoms with Crippen molar-refractivity contribution in [3.8, 4) is 0 Å². The number of hydrogen-bond acceptors (Lipinski definition) is 3. The zero-order chi connectivity index (χ0) is 8.48. The van der Waals surface area contributed by atoms with Crippen molar-refractivity contribution in [1.82, 2.24) is 5.32 Å². The molecule has 1 amide bonds. The number of carboxylic acid groups (broad SMARTS) is 1. The molecule has 4 N–H and O–H groups in total. The summed E-state index contributed by atoms with van der Waals surface area (Å²) in [5.41, 5.74) is -0.993. The first-order chi connectivity index (χ1) is 5.08. The van der Waals surface area contributed by atoms with E-state index in [4.69, 9.17) is 10.2 Å². The van der Waals surface area contributed by atoms with E-state index in [1.807, 2.05) is 5.32 Å². The molecule has 1 saturated carbocycles. The second kappa shape index (κ2) is 2.67. The maximum Gasteiger partial charge on any atom is 0.405 e. The van der Waals surface area contributed by atoms with E-state index in [0.29, 0.717) is 12.8 Å². The lowest BCUT2D eigenvalue weighted by Crippen LogP contribution is -2.46. The summed E-state index contributed by atoms with van der Waals surface area (Å²) in [6, 6.07) is -0.736. The minimum Gasteiger partial charge on any atom is -0.465 e. The molecule has 0 saturated heterocycles. The molecule has 1 unspecified atom stereocenters. The summed E-state index contributed by atoms with van der Waals surface area (Å²) < 4.78 is 0. The molecule has 0 aromatic heterocycles. The first kappa shape index (κ1) is 8.29. The highest BCUT2D eigenvalue weighted by molar-refractivity contribution is 5.65. The highest BCUT2D eigenvalue weighted by Crippen LogP contribution is 2.38. The van der Waals surface area contributed by atoms with Crippen LogP contribution in [-0.2, 0) is 0 Å². The van der Waals surface area contributed by atoms with Gasteiger partial charge < -0.3 is 20.6 Å². The molecule has 64 valence electrons. The molecule has 1 aliphatic carbocycles. The van der Waals surface area contributed by atoms with Crippen LogP contribution in [0.15, 0.2) is 0 Å². The maximum atomic E-state index is 10.1. The average Bonchev–Trinajstić information content (AvgIpc) is 2.63. The van der Waals surface area contributed by atoms with Crippen molar-refractivity contribution in [1.29, 1.82) is 0 Å². The zero-order valence-electron chi connectivity index (χ0n) is 5.95. The van der Waals surface area contributed by atoms with E-state index in [1.165, 1.54) is 0 Å². The Hall–Kier alpha value is -0.810. The van der Waals surface area contributed by atoms with Gasteiger partial charge in [-0.15, -0.1) is 0 Å². The van der Waals surface area contributed by atoms with Gasteiger partial charge >= 0.3 is 6.09 Å². The Kier molecular flexibility index (Phi) is 2.01. The smallest absolute Gasteiger partial charge is 0.405 e. The van der Waals surface area contributed by atoms with Crippen LogP contribution in [0, 0.1) is 0 Å². The summed E-state index contributed by atoms with van der Waals surface area (Å²) in [5, 5.41) is 28.3. The summed E-state index contributed by atoms with van der Waals surface area (Å²) in [4.78, 5) is 10.1. The third-order valence-electron chi connectivity index (χ3n) is 1.89. The monoisotopic (exact) mass is 161 g/mol. The van der Waals surface area contributed by atoms with Gasteiger partial charge in [-0.1, -0.05) is 0 Å². The Bertz CT molecular complexity index is 166. The lowest BCUT2D eigenvalue weighted by atomic mass is 10.1. The summed E-state index contributed by atoms with van der Waals surface area (Å²) in [5.74, 6) is 0. The van der Waals surface area contributed by atoms with Crippen molar-refractivity contribution < 1.29 is 20.1 Å². The predicted molar refractivity (Wildman–Crippen MR) is 36.2 cm³/mol. The van der Waals surface area contributed by atoms with E-state index in [2.05, 4.69) is 0 Å². The number of amides is 1. The first-order valence-corrected chi connectivity index (χ1v) is 3.41. The minimum atomic E-state index is -1.22. The van der Waals surface area contributed by atoms with Crippen molar-refractivity contribution in [3.63, 3.8) is 0 Å². The fraction of sp³-hybridized carbons (Fsp3) is 0.833. The Morgan fingerprint density at radius 2 is 2.18 bits per heavy atom. The van der Waals surface area contributed by atoms with Crippen LogP contribution in [0.2, 0.25) is 0 Å². The fourth-order valence-electron chi connectivity index (χ4n) is 0.975. The molecular weight excluding hydrogens is 150 g/mol. The second-order valence-electron chi connectivity index (χ2n) is 2.79. The SMILES string of the molecule is O=C(O)NC(CO)C1(O)CC1. The molecule has 1 rings (SSSR count). The molecule has 5 nitrogen and oxygen atoms in total. The van der Waals surface area contributed by atoms with Crippen LogP contribution >= 0.6 is 0 Å². The van der Waals surface area contributed by atoms with Gasteiger partial charge in [-0.2, -0.15) is 0 Å². The molecule has 11 heavy (non-hydrogen) atoms. The molecule has 0 aromatic rings. The summed E-state index contributed by atoms with van der Waals surface area (Å²) >= 11 is 0. The van der Waals surface area contributed by atoms with Gasteiger partial charge in [-0.3, -0.25) is 0 Å². The summed E-state index contributed by atoms with van der Waals surface area (Å²) in [6.45, 7) is -0.358. The molecule has 0 aliphatic heterocycles. The molecule has 1 fully saturated rings. The van der Waals surface area contributed by atoms with Crippen molar-refractivity contribution in [3.05, 3.63) is 0 Å². The van der Waals surface area contributed by atoms with Gasteiger partial charge in [0.25, 0.3) is 0 Å². The van der Waals surface area contributed by atoms with Gasteiger partial charge in [0.05, 0.1) is 18.2 Å². The molecule has 0 heterocycles. The van der Waals surface area contributed by atoms with Crippen molar-refractivity contribution in [2.24, 2.45) is 0 Å². The molecule has 0 aromatic carbocycles. The molecule has 0 radical (unpaired) electrons. The van der Waals surface area contributed by atoms with Gasteiger partial charge in [-0.25, -0.2) is 4.79 Å². The molecule has 5 heteroatoms. The van der Waals surface area contributed by atoms with Crippen LogP contribution in [-0.4, -0.2) is 39.7 Å². The average molecular weight is 161 g/mol. The highest BCUT2D eigenvalue weighted by Gasteiger charge is 2.48. The highest BCUT2D eigenvalue weighted by atomic mass is 16.4. The van der Waals surface area contributed by atoms with Crippen LogP contribution in [0.1, 0.15) is 12.8 Å². The van der Waals surface area contributed by atoms with Crippen molar-refractivity contribution >= 4 is 6.09 Å². The number of aliphatic hydroxyl groups is 2. The third-order valence-corrected chi connectivity index (χ3v) is 1.89. The van der Waals surface area contributed by atoms with Gasteiger partial charge in [0.2, 0.25) is 0 Å².